The van der Waals surface area contributed by atoms with Crippen LogP contribution in [-0.2, 0) is 16.4 Å². The Kier molecular flexibility index (Phi) is 5.62. The summed E-state index contributed by atoms with van der Waals surface area (Å²) in [6.07, 6.45) is 0.344. The first-order valence-corrected chi connectivity index (χ1v) is 11.5. The van der Waals surface area contributed by atoms with Gasteiger partial charge in [0, 0.05) is 29.2 Å². The van der Waals surface area contributed by atoms with Crippen LogP contribution in [0.2, 0.25) is 5.02 Å². The molecule has 6 nitrogen and oxygen atoms in total. The maximum Gasteiger partial charge on any atom is 0.276 e. The van der Waals surface area contributed by atoms with Crippen LogP contribution in [0.3, 0.4) is 0 Å². The fraction of sp³-hybridized carbons (Fsp3) is 0.238. The summed E-state index contributed by atoms with van der Waals surface area (Å²) < 4.78 is 42.5. The monoisotopic (exact) mass is 448 g/mol. The molecule has 0 saturated carbocycles. The van der Waals surface area contributed by atoms with Crippen LogP contribution < -0.4 is 0 Å². The van der Waals surface area contributed by atoms with Crippen molar-refractivity contribution in [3.8, 4) is 11.3 Å². The molecule has 0 bridgehead atoms. The number of amides is 1. The van der Waals surface area contributed by atoms with Crippen molar-refractivity contribution in [2.24, 2.45) is 0 Å². The average Bonchev–Trinajstić information content (AvgIpc) is 3.34. The highest BCUT2D eigenvalue weighted by atomic mass is 35.5. The molecule has 1 fully saturated rings. The number of nitrogens with zero attached hydrogens (tertiary/aromatic N) is 2. The van der Waals surface area contributed by atoms with E-state index < -0.39 is 21.8 Å². The van der Waals surface area contributed by atoms with Crippen molar-refractivity contribution in [3.63, 3.8) is 0 Å². The lowest BCUT2D eigenvalue weighted by atomic mass is 10.1. The van der Waals surface area contributed by atoms with E-state index in [2.05, 4.69) is 5.16 Å². The van der Waals surface area contributed by atoms with E-state index in [1.807, 2.05) is 0 Å². The molecule has 9 heteroatoms. The van der Waals surface area contributed by atoms with Crippen LogP contribution in [0.25, 0.3) is 11.3 Å². The molecule has 1 saturated heterocycles. The maximum absolute atomic E-state index is 13.2. The Hall–Kier alpha value is -2.71. The summed E-state index contributed by atoms with van der Waals surface area (Å²) in [6.45, 7) is 0.141. The largest absolute Gasteiger partial charge is 0.355 e. The second kappa shape index (κ2) is 8.20. The second-order valence-corrected chi connectivity index (χ2v) is 9.86. The van der Waals surface area contributed by atoms with Crippen molar-refractivity contribution in [1.82, 2.24) is 10.1 Å². The predicted molar refractivity (Wildman–Crippen MR) is 110 cm³/mol. The molecule has 30 heavy (non-hydrogen) atoms. The molecule has 0 N–H and O–H groups in total. The van der Waals surface area contributed by atoms with Gasteiger partial charge in [0.05, 0.1) is 11.5 Å². The van der Waals surface area contributed by atoms with Gasteiger partial charge in [-0.05, 0) is 48.4 Å². The molecule has 1 aromatic heterocycles. The number of halogens is 2. The fourth-order valence-electron chi connectivity index (χ4n) is 3.45. The van der Waals surface area contributed by atoms with Crippen LogP contribution in [0.5, 0.6) is 0 Å². The lowest BCUT2D eigenvalue weighted by Crippen LogP contribution is -2.40. The van der Waals surface area contributed by atoms with Crippen molar-refractivity contribution >= 4 is 27.3 Å². The Morgan fingerprint density at radius 1 is 1.17 bits per heavy atom. The molecule has 1 aliphatic rings. The first kappa shape index (κ1) is 20.6. The van der Waals surface area contributed by atoms with Gasteiger partial charge in [0.2, 0.25) is 0 Å². The summed E-state index contributed by atoms with van der Waals surface area (Å²) in [5.74, 6) is -0.507. The summed E-state index contributed by atoms with van der Waals surface area (Å²) in [5, 5.41) is 4.46. The Balaban J connectivity index is 1.62. The standard InChI is InChI=1S/C21H18ClFN2O4S/c22-16-5-3-15(4-6-16)20-11-19(24-29-20)21(26)25(18-9-10-30(27,28)13-18)12-14-1-7-17(23)8-2-14/h1-8,11,18H,9-10,12-13H2/t18-/m0/s1. The minimum absolute atomic E-state index is 0.0275. The van der Waals surface area contributed by atoms with Crippen molar-refractivity contribution in [2.45, 2.75) is 19.0 Å². The second-order valence-electron chi connectivity index (χ2n) is 7.20. The van der Waals surface area contributed by atoms with Gasteiger partial charge in [-0.2, -0.15) is 0 Å². The molecule has 1 amide bonds. The Bertz CT molecular complexity index is 1160. The van der Waals surface area contributed by atoms with E-state index in [1.165, 1.54) is 23.1 Å². The molecular formula is C21H18ClFN2O4S. The van der Waals surface area contributed by atoms with Gasteiger partial charge in [-0.15, -0.1) is 0 Å². The minimum Gasteiger partial charge on any atom is -0.355 e. The Labute approximate surface area is 178 Å². The summed E-state index contributed by atoms with van der Waals surface area (Å²) in [4.78, 5) is 14.7. The van der Waals surface area contributed by atoms with Crippen LogP contribution >= 0.6 is 11.6 Å². The van der Waals surface area contributed by atoms with E-state index in [1.54, 1.807) is 36.4 Å². The van der Waals surface area contributed by atoms with E-state index in [-0.39, 0.29) is 29.6 Å². The molecule has 4 rings (SSSR count). The fourth-order valence-corrected chi connectivity index (χ4v) is 5.30. The third kappa shape index (κ3) is 4.55. The number of carbonyl (C=O) groups excluding carboxylic acids is 1. The summed E-state index contributed by atoms with van der Waals surface area (Å²) >= 11 is 5.90. The Morgan fingerprint density at radius 3 is 2.50 bits per heavy atom. The third-order valence-electron chi connectivity index (χ3n) is 5.03. The smallest absolute Gasteiger partial charge is 0.276 e. The molecule has 0 unspecified atom stereocenters. The number of carbonyl (C=O) groups is 1. The van der Waals surface area contributed by atoms with Gasteiger partial charge in [0.25, 0.3) is 5.91 Å². The Morgan fingerprint density at radius 2 is 1.87 bits per heavy atom. The van der Waals surface area contributed by atoms with Gasteiger partial charge in [-0.25, -0.2) is 12.8 Å². The first-order valence-electron chi connectivity index (χ1n) is 9.29. The third-order valence-corrected chi connectivity index (χ3v) is 7.04. The highest BCUT2D eigenvalue weighted by Crippen LogP contribution is 2.26. The number of benzene rings is 2. The minimum atomic E-state index is -3.21. The van der Waals surface area contributed by atoms with E-state index in [9.17, 15) is 17.6 Å². The van der Waals surface area contributed by atoms with E-state index in [4.69, 9.17) is 16.1 Å². The van der Waals surface area contributed by atoms with Crippen molar-refractivity contribution in [3.05, 3.63) is 76.7 Å². The summed E-state index contributed by atoms with van der Waals surface area (Å²) in [5.41, 5.74) is 1.47. The van der Waals surface area contributed by atoms with Crippen molar-refractivity contribution < 1.29 is 22.1 Å². The normalized spacial score (nSPS) is 17.7. The molecule has 1 atom stereocenters. The molecule has 1 aliphatic heterocycles. The molecule has 2 heterocycles. The van der Waals surface area contributed by atoms with Gasteiger partial charge in [0.15, 0.2) is 21.3 Å². The van der Waals surface area contributed by atoms with Gasteiger partial charge in [0.1, 0.15) is 5.82 Å². The zero-order valence-electron chi connectivity index (χ0n) is 15.8. The number of aromatic nitrogens is 1. The molecule has 0 aliphatic carbocycles. The number of hydrogen-bond acceptors (Lipinski definition) is 5. The predicted octanol–water partition coefficient (Wildman–Crippen LogP) is 3.96. The molecule has 156 valence electrons. The van der Waals surface area contributed by atoms with Crippen LogP contribution in [-0.4, -0.2) is 41.9 Å². The quantitative estimate of drug-likeness (QED) is 0.590. The summed E-state index contributed by atoms with van der Waals surface area (Å²) in [7, 11) is -3.21. The van der Waals surface area contributed by atoms with E-state index >= 15 is 0 Å². The van der Waals surface area contributed by atoms with E-state index in [0.717, 1.165) is 0 Å². The van der Waals surface area contributed by atoms with Crippen LogP contribution in [0.1, 0.15) is 22.5 Å². The first-order chi connectivity index (χ1) is 14.3. The highest BCUT2D eigenvalue weighted by Gasteiger charge is 2.36. The van der Waals surface area contributed by atoms with Gasteiger partial charge < -0.3 is 9.42 Å². The van der Waals surface area contributed by atoms with Crippen molar-refractivity contribution in [1.29, 1.82) is 0 Å². The van der Waals surface area contributed by atoms with Crippen LogP contribution in [0, 0.1) is 5.82 Å². The number of rotatable bonds is 5. The lowest BCUT2D eigenvalue weighted by molar-refractivity contribution is 0.0670. The zero-order valence-corrected chi connectivity index (χ0v) is 17.4. The highest BCUT2D eigenvalue weighted by molar-refractivity contribution is 7.91. The molecule has 2 aromatic carbocycles. The molecule has 3 aromatic rings. The zero-order chi connectivity index (χ0) is 21.3. The topological polar surface area (TPSA) is 80.5 Å². The van der Waals surface area contributed by atoms with Gasteiger partial charge in [-0.1, -0.05) is 28.9 Å². The number of hydrogen-bond donors (Lipinski definition) is 0. The van der Waals surface area contributed by atoms with Crippen molar-refractivity contribution in [2.75, 3.05) is 11.5 Å². The van der Waals surface area contributed by atoms with E-state index in [0.29, 0.717) is 28.3 Å². The SMILES string of the molecule is O=C(c1cc(-c2ccc(Cl)cc2)on1)N(Cc1ccc(F)cc1)[C@H]1CCS(=O)(=O)C1. The average molecular weight is 449 g/mol. The summed E-state index contributed by atoms with van der Waals surface area (Å²) in [6, 6.07) is 13.7. The maximum atomic E-state index is 13.2. The number of sulfone groups is 1. The van der Waals surface area contributed by atoms with Gasteiger partial charge in [-0.3, -0.25) is 4.79 Å². The molecular weight excluding hydrogens is 431 g/mol. The lowest BCUT2D eigenvalue weighted by Gasteiger charge is -2.27. The van der Waals surface area contributed by atoms with Crippen LogP contribution in [0.15, 0.2) is 59.1 Å². The van der Waals surface area contributed by atoms with Gasteiger partial charge >= 0.3 is 0 Å². The molecule has 0 spiro atoms. The molecule has 0 radical (unpaired) electrons. The van der Waals surface area contributed by atoms with Crippen LogP contribution in [0.4, 0.5) is 4.39 Å².